The van der Waals surface area contributed by atoms with Crippen molar-refractivity contribution in [3.63, 3.8) is 0 Å². The first-order chi connectivity index (χ1) is 24.6. The third kappa shape index (κ3) is 5.40. The third-order valence-corrected chi connectivity index (χ3v) is 10.6. The predicted molar refractivity (Wildman–Crippen MR) is 214 cm³/mol. The van der Waals surface area contributed by atoms with E-state index in [1.807, 2.05) is 6.21 Å². The largest absolute Gasteiger partial charge is 0.354 e. The first-order valence-corrected chi connectivity index (χ1v) is 17.7. The molecule has 238 valence electrons. The van der Waals surface area contributed by atoms with E-state index < -0.39 is 0 Å². The third-order valence-electron chi connectivity index (χ3n) is 9.46. The van der Waals surface area contributed by atoms with Crippen molar-refractivity contribution in [1.29, 1.82) is 0 Å². The monoisotopic (exact) mass is 659 g/mol. The Kier molecular flexibility index (Phi) is 7.45. The van der Waals surface area contributed by atoms with Crippen molar-refractivity contribution in [2.45, 2.75) is 13.8 Å². The molecule has 9 rings (SSSR count). The van der Waals surface area contributed by atoms with Crippen molar-refractivity contribution in [3.05, 3.63) is 168 Å². The van der Waals surface area contributed by atoms with Gasteiger partial charge in [0, 0.05) is 54.5 Å². The van der Waals surface area contributed by atoms with Gasteiger partial charge >= 0.3 is 0 Å². The van der Waals surface area contributed by atoms with Crippen LogP contribution in [0.25, 0.3) is 77.1 Å². The van der Waals surface area contributed by atoms with Crippen LogP contribution in [0.3, 0.4) is 0 Å². The van der Waals surface area contributed by atoms with E-state index in [1.165, 1.54) is 20.5 Å². The zero-order valence-corrected chi connectivity index (χ0v) is 28.6. The van der Waals surface area contributed by atoms with Gasteiger partial charge in [-0.05, 0) is 78.6 Å². The quantitative estimate of drug-likeness (QED) is 0.201. The van der Waals surface area contributed by atoms with Crippen LogP contribution in [0.2, 0.25) is 0 Å². The summed E-state index contributed by atoms with van der Waals surface area (Å²) in [6.45, 7) is 4.25. The van der Waals surface area contributed by atoms with Crippen LogP contribution in [0.4, 0.5) is 5.69 Å². The normalized spacial score (nSPS) is 12.0. The smallest absolute Gasteiger partial charge is 0.0735 e. The van der Waals surface area contributed by atoms with Crippen LogP contribution >= 0.6 is 11.3 Å². The predicted octanol–water partition coefficient (Wildman–Crippen LogP) is 12.9. The van der Waals surface area contributed by atoms with Crippen LogP contribution in [0.15, 0.2) is 145 Å². The second-order valence-corrected chi connectivity index (χ2v) is 14.0. The fourth-order valence-electron chi connectivity index (χ4n) is 6.97. The van der Waals surface area contributed by atoms with Crippen LogP contribution in [-0.2, 0) is 0 Å². The van der Waals surface area contributed by atoms with Crippen molar-refractivity contribution in [3.8, 4) is 44.5 Å². The van der Waals surface area contributed by atoms with Crippen molar-refractivity contribution in [2.24, 2.45) is 4.99 Å². The average molecular weight is 660 g/mol. The molecular formula is C46H33N3S. The highest BCUT2D eigenvalue weighted by molar-refractivity contribution is 7.24. The van der Waals surface area contributed by atoms with E-state index in [-0.39, 0.29) is 0 Å². The average Bonchev–Trinajstić information content (AvgIpc) is 3.98. The van der Waals surface area contributed by atoms with Gasteiger partial charge < -0.3 is 4.98 Å². The maximum Gasteiger partial charge on any atom is 0.0735 e. The number of benzene rings is 4. The Morgan fingerprint density at radius 2 is 0.980 bits per heavy atom. The van der Waals surface area contributed by atoms with Crippen LogP contribution in [0.5, 0.6) is 0 Å². The number of H-pyrrole nitrogens is 1. The van der Waals surface area contributed by atoms with E-state index >= 15 is 0 Å². The molecule has 0 amide bonds. The zero-order valence-electron chi connectivity index (χ0n) is 27.8. The number of nitrogens with one attached hydrogen (secondary N) is 1. The van der Waals surface area contributed by atoms with Gasteiger partial charge in [0.2, 0.25) is 0 Å². The standard InChI is InChI=1S/C46H33N3S/c1-29-13-17-33(18-14-29)43-35-27-40(47-28-35)44(34-19-15-30(2)16-20-34)37-22-24-39(49-37)46(32-11-7-4-8-12-32)42-26-25-41(50-42)45(31-9-5-3-6-10-31)38-23-21-36(43)48-38/h3-28,49H,1-2H3. The molecule has 0 aliphatic carbocycles. The molecule has 4 heteroatoms. The van der Waals surface area contributed by atoms with E-state index in [0.29, 0.717) is 0 Å². The van der Waals surface area contributed by atoms with Crippen LogP contribution in [0.1, 0.15) is 28.1 Å². The van der Waals surface area contributed by atoms with Gasteiger partial charge in [0.25, 0.3) is 0 Å². The molecule has 3 nitrogen and oxygen atoms in total. The molecule has 2 aliphatic rings. The number of rotatable bonds is 4. The molecular weight excluding hydrogens is 627 g/mol. The summed E-state index contributed by atoms with van der Waals surface area (Å²) in [5, 5.41) is 0. The van der Waals surface area contributed by atoms with Crippen LogP contribution in [0, 0.1) is 13.8 Å². The summed E-state index contributed by atoms with van der Waals surface area (Å²) in [5.74, 6) is 0. The topological polar surface area (TPSA) is 41.0 Å². The summed E-state index contributed by atoms with van der Waals surface area (Å²) in [7, 11) is 0. The minimum absolute atomic E-state index is 0.914. The molecule has 0 saturated heterocycles. The fourth-order valence-corrected chi connectivity index (χ4v) is 8.13. The summed E-state index contributed by atoms with van der Waals surface area (Å²) in [6, 6.07) is 49.9. The van der Waals surface area contributed by atoms with E-state index in [0.717, 1.165) is 78.2 Å². The van der Waals surface area contributed by atoms with Gasteiger partial charge in [-0.3, -0.25) is 4.99 Å². The lowest BCUT2D eigenvalue weighted by Crippen LogP contribution is -1.90. The first kappa shape index (κ1) is 30.0. The van der Waals surface area contributed by atoms with Crippen LogP contribution in [-0.4, -0.2) is 16.2 Å². The number of hydrogen-bond donors (Lipinski definition) is 1. The molecule has 0 unspecified atom stereocenters. The van der Waals surface area contributed by atoms with Crippen LogP contribution < -0.4 is 0 Å². The highest BCUT2D eigenvalue weighted by Gasteiger charge is 2.19. The molecule has 50 heavy (non-hydrogen) atoms. The molecule has 0 atom stereocenters. The summed E-state index contributed by atoms with van der Waals surface area (Å²) < 4.78 is 2.36. The van der Waals surface area contributed by atoms with E-state index in [4.69, 9.17) is 9.98 Å². The van der Waals surface area contributed by atoms with Gasteiger partial charge in [0.1, 0.15) is 0 Å². The zero-order chi connectivity index (χ0) is 33.6. The number of fused-ring (bicyclic) bond motifs is 8. The van der Waals surface area contributed by atoms with Crippen molar-refractivity contribution in [2.75, 3.05) is 0 Å². The lowest BCUT2D eigenvalue weighted by Gasteiger charge is -2.07. The van der Waals surface area contributed by atoms with Crippen molar-refractivity contribution < 1.29 is 0 Å². The van der Waals surface area contributed by atoms with Gasteiger partial charge in [-0.25, -0.2) is 4.98 Å². The van der Waals surface area contributed by atoms with Gasteiger partial charge in [-0.15, -0.1) is 11.3 Å². The molecule has 2 aliphatic heterocycles. The number of aryl methyl sites for hydroxylation is 2. The molecule has 8 bridgehead atoms. The summed E-state index contributed by atoms with van der Waals surface area (Å²) in [6.07, 6.45) is 6.34. The Balaban J connectivity index is 1.48. The SMILES string of the molecule is Cc1ccc(-c2c3cc(c(-c4ccc(C)cc4)c4ccc([nH]4)c(-c4ccccc4)c4ccc(s4)c(-c4ccccc4)c4nc2C=C4)N=C3)cc1. The minimum atomic E-state index is 0.914. The van der Waals surface area contributed by atoms with Gasteiger partial charge in [0.15, 0.2) is 0 Å². The van der Waals surface area contributed by atoms with Gasteiger partial charge in [0.05, 0.1) is 17.1 Å². The van der Waals surface area contributed by atoms with Crippen molar-refractivity contribution >= 4 is 55.8 Å². The highest BCUT2D eigenvalue weighted by atomic mass is 32.1. The number of nitrogens with zero attached hydrogens (tertiary/aromatic N) is 2. The number of hydrogen-bond acceptors (Lipinski definition) is 3. The Morgan fingerprint density at radius 1 is 0.480 bits per heavy atom. The fraction of sp³-hybridized carbons (Fsp3) is 0.0435. The highest BCUT2D eigenvalue weighted by Crippen LogP contribution is 2.42. The maximum absolute atomic E-state index is 5.41. The molecule has 0 spiro atoms. The first-order valence-electron chi connectivity index (χ1n) is 16.9. The lowest BCUT2D eigenvalue weighted by molar-refractivity contribution is 1.32. The summed E-state index contributed by atoms with van der Waals surface area (Å²) >= 11 is 1.80. The van der Waals surface area contributed by atoms with Crippen molar-refractivity contribution in [1.82, 2.24) is 9.97 Å². The number of thiophene rings is 1. The number of aromatic nitrogens is 2. The van der Waals surface area contributed by atoms with Gasteiger partial charge in [-0.1, -0.05) is 120 Å². The molecule has 0 saturated carbocycles. The van der Waals surface area contributed by atoms with E-state index in [1.54, 1.807) is 11.3 Å². The molecule has 0 radical (unpaired) electrons. The second-order valence-electron chi connectivity index (χ2n) is 12.9. The number of aliphatic imine (C=N–C) groups is 1. The molecule has 7 aromatic rings. The molecule has 0 fully saturated rings. The Morgan fingerprint density at radius 3 is 1.60 bits per heavy atom. The number of aromatic amines is 1. The molecule has 4 aromatic carbocycles. The minimum Gasteiger partial charge on any atom is -0.354 e. The van der Waals surface area contributed by atoms with Gasteiger partial charge in [-0.2, -0.15) is 0 Å². The molecule has 3 aromatic heterocycles. The molecule has 1 N–H and O–H groups in total. The maximum atomic E-state index is 5.41. The Hall–Kier alpha value is -6.10. The Labute approximate surface area is 295 Å². The van der Waals surface area contributed by atoms with E-state index in [9.17, 15) is 0 Å². The van der Waals surface area contributed by atoms with E-state index in [2.05, 4.69) is 171 Å². The Bertz CT molecular complexity index is 2620. The molecule has 5 heterocycles. The second kappa shape index (κ2) is 12.4. The lowest BCUT2D eigenvalue weighted by atomic mass is 9.98. The summed E-state index contributed by atoms with van der Waals surface area (Å²) in [4.78, 5) is 14.4. The summed E-state index contributed by atoms with van der Waals surface area (Å²) in [5.41, 5.74) is 17.3.